The van der Waals surface area contributed by atoms with E-state index in [0.29, 0.717) is 4.87 Å². The molecule has 2 aliphatic rings. The molecule has 1 spiro atoms. The van der Waals surface area contributed by atoms with Gasteiger partial charge < -0.3 is 10.1 Å². The summed E-state index contributed by atoms with van der Waals surface area (Å²) in [5.41, 5.74) is 0.0720. The van der Waals surface area contributed by atoms with Crippen LogP contribution in [-0.4, -0.2) is 29.4 Å². The summed E-state index contributed by atoms with van der Waals surface area (Å²) >= 11 is 2.08. The Balaban J connectivity index is 2.07. The van der Waals surface area contributed by atoms with Crippen molar-refractivity contribution < 1.29 is 4.74 Å². The predicted octanol–water partition coefficient (Wildman–Crippen LogP) is 1.61. The summed E-state index contributed by atoms with van der Waals surface area (Å²) in [4.78, 5) is 0.349. The van der Waals surface area contributed by atoms with Crippen molar-refractivity contribution >= 4 is 11.8 Å². The van der Waals surface area contributed by atoms with E-state index >= 15 is 0 Å². The first kappa shape index (κ1) is 8.85. The molecule has 0 aliphatic carbocycles. The van der Waals surface area contributed by atoms with Gasteiger partial charge in [-0.05, 0) is 20.3 Å². The Morgan fingerprint density at radius 1 is 1.42 bits per heavy atom. The lowest BCUT2D eigenvalue weighted by molar-refractivity contribution is -0.0678. The summed E-state index contributed by atoms with van der Waals surface area (Å²) in [6.45, 7) is 6.46. The zero-order chi connectivity index (χ0) is 8.66. The van der Waals surface area contributed by atoms with E-state index in [0.717, 1.165) is 13.0 Å². The summed E-state index contributed by atoms with van der Waals surface area (Å²) in [5.74, 6) is 1.26. The second-order valence-electron chi connectivity index (χ2n) is 4.30. The Labute approximate surface area is 78.4 Å². The first-order valence-corrected chi connectivity index (χ1v) is 5.64. The maximum absolute atomic E-state index is 5.70. The van der Waals surface area contributed by atoms with E-state index in [1.54, 1.807) is 0 Å². The van der Waals surface area contributed by atoms with Gasteiger partial charge in [0.1, 0.15) is 0 Å². The van der Waals surface area contributed by atoms with Gasteiger partial charge in [0.15, 0.2) is 0 Å². The van der Waals surface area contributed by atoms with Gasteiger partial charge in [0, 0.05) is 25.3 Å². The summed E-state index contributed by atoms with van der Waals surface area (Å²) in [7, 11) is 0. The van der Waals surface area contributed by atoms with Crippen LogP contribution in [0.5, 0.6) is 0 Å². The van der Waals surface area contributed by atoms with Gasteiger partial charge in [-0.1, -0.05) is 0 Å². The number of thioether (sulfide) groups is 1. The average Bonchev–Trinajstić information content (AvgIpc) is 2.34. The van der Waals surface area contributed by atoms with Gasteiger partial charge in [-0.3, -0.25) is 0 Å². The lowest BCUT2D eigenvalue weighted by atomic mass is 9.93. The molecule has 0 bridgehead atoms. The third-order valence-corrected chi connectivity index (χ3v) is 4.09. The first-order valence-electron chi connectivity index (χ1n) is 4.65. The smallest absolute Gasteiger partial charge is 0.0695 e. The number of rotatable bonds is 0. The average molecular weight is 187 g/mol. The van der Waals surface area contributed by atoms with Crippen molar-refractivity contribution in [1.82, 2.24) is 5.32 Å². The Bertz CT molecular complexity index is 175. The molecule has 12 heavy (non-hydrogen) atoms. The summed E-state index contributed by atoms with van der Waals surface area (Å²) in [6, 6.07) is 0. The van der Waals surface area contributed by atoms with Crippen molar-refractivity contribution in [3.8, 4) is 0 Å². The van der Waals surface area contributed by atoms with E-state index in [2.05, 4.69) is 30.9 Å². The number of hydrogen-bond donors (Lipinski definition) is 1. The molecule has 1 unspecified atom stereocenters. The fraction of sp³-hybridized carbons (Fsp3) is 1.00. The molecule has 0 saturated carbocycles. The maximum atomic E-state index is 5.70. The first-order chi connectivity index (χ1) is 5.62. The van der Waals surface area contributed by atoms with Crippen LogP contribution in [0.1, 0.15) is 26.7 Å². The molecule has 1 atom stereocenters. The monoisotopic (exact) mass is 187 g/mol. The van der Waals surface area contributed by atoms with Crippen LogP contribution in [-0.2, 0) is 4.74 Å². The third-order valence-electron chi connectivity index (χ3n) is 2.64. The van der Waals surface area contributed by atoms with Crippen LogP contribution in [0.25, 0.3) is 0 Å². The molecule has 0 aromatic carbocycles. The van der Waals surface area contributed by atoms with E-state index < -0.39 is 0 Å². The highest BCUT2D eigenvalue weighted by molar-refractivity contribution is 8.00. The number of hydrogen-bond acceptors (Lipinski definition) is 3. The Hall–Kier alpha value is 0.270. The van der Waals surface area contributed by atoms with Crippen LogP contribution >= 0.6 is 11.8 Å². The van der Waals surface area contributed by atoms with Gasteiger partial charge in [-0.25, -0.2) is 0 Å². The van der Waals surface area contributed by atoms with E-state index in [9.17, 15) is 0 Å². The minimum atomic E-state index is 0.0720. The zero-order valence-electron chi connectivity index (χ0n) is 7.85. The third kappa shape index (κ3) is 1.63. The van der Waals surface area contributed by atoms with Crippen molar-refractivity contribution in [3.05, 3.63) is 0 Å². The lowest BCUT2D eigenvalue weighted by Crippen LogP contribution is -2.49. The van der Waals surface area contributed by atoms with Gasteiger partial charge in [0.05, 0.1) is 10.5 Å². The van der Waals surface area contributed by atoms with Gasteiger partial charge in [0.2, 0.25) is 0 Å². The standard InChI is InChI=1S/C9H17NOS/c1-8(2)7-9(3-5-11-8)10-4-6-12-9/h10H,3-7H2,1-2H3. The molecule has 2 fully saturated rings. The largest absolute Gasteiger partial charge is 0.375 e. The zero-order valence-corrected chi connectivity index (χ0v) is 8.67. The normalized spacial score (nSPS) is 40.5. The molecule has 0 aromatic rings. The van der Waals surface area contributed by atoms with Gasteiger partial charge in [0.25, 0.3) is 0 Å². The summed E-state index contributed by atoms with van der Waals surface area (Å²) in [6.07, 6.45) is 2.31. The molecule has 2 aliphatic heterocycles. The highest BCUT2D eigenvalue weighted by atomic mass is 32.2. The molecule has 0 amide bonds. The Morgan fingerprint density at radius 3 is 2.83 bits per heavy atom. The minimum absolute atomic E-state index is 0.0720. The SMILES string of the molecule is CC1(C)CC2(CCO1)NCCS2. The van der Waals surface area contributed by atoms with Gasteiger partial charge in [-0.2, -0.15) is 0 Å². The topological polar surface area (TPSA) is 21.3 Å². The van der Waals surface area contributed by atoms with Gasteiger partial charge in [-0.15, -0.1) is 11.8 Å². The molecular weight excluding hydrogens is 170 g/mol. The van der Waals surface area contributed by atoms with E-state index in [-0.39, 0.29) is 5.60 Å². The lowest BCUT2D eigenvalue weighted by Gasteiger charge is -2.42. The maximum Gasteiger partial charge on any atom is 0.0695 e. The van der Waals surface area contributed by atoms with Crippen molar-refractivity contribution in [2.45, 2.75) is 37.2 Å². The number of nitrogens with one attached hydrogen (secondary N) is 1. The van der Waals surface area contributed by atoms with Crippen molar-refractivity contribution in [1.29, 1.82) is 0 Å². The highest BCUT2D eigenvalue weighted by Crippen LogP contribution is 2.41. The Kier molecular flexibility index (Phi) is 2.13. The van der Waals surface area contributed by atoms with Crippen molar-refractivity contribution in [2.75, 3.05) is 18.9 Å². The van der Waals surface area contributed by atoms with Crippen LogP contribution in [0, 0.1) is 0 Å². The molecule has 3 heteroatoms. The quantitative estimate of drug-likeness (QED) is 0.622. The van der Waals surface area contributed by atoms with E-state index in [4.69, 9.17) is 4.74 Å². The van der Waals surface area contributed by atoms with Crippen LogP contribution in [0.3, 0.4) is 0 Å². The second-order valence-corrected chi connectivity index (χ2v) is 5.78. The van der Waals surface area contributed by atoms with Crippen molar-refractivity contribution in [2.24, 2.45) is 0 Å². The van der Waals surface area contributed by atoms with Crippen LogP contribution in [0.2, 0.25) is 0 Å². The molecule has 0 aromatic heterocycles. The van der Waals surface area contributed by atoms with Crippen molar-refractivity contribution in [3.63, 3.8) is 0 Å². The Morgan fingerprint density at radius 2 is 2.25 bits per heavy atom. The molecule has 2 saturated heterocycles. The highest BCUT2D eigenvalue weighted by Gasteiger charge is 2.42. The van der Waals surface area contributed by atoms with Crippen LogP contribution in [0.4, 0.5) is 0 Å². The summed E-state index contributed by atoms with van der Waals surface area (Å²) < 4.78 is 5.70. The number of ether oxygens (including phenoxy) is 1. The fourth-order valence-corrected chi connectivity index (χ4v) is 3.65. The molecule has 2 heterocycles. The van der Waals surface area contributed by atoms with Crippen LogP contribution in [0.15, 0.2) is 0 Å². The molecule has 2 rings (SSSR count). The molecule has 1 N–H and O–H groups in total. The summed E-state index contributed by atoms with van der Waals surface area (Å²) in [5, 5.41) is 3.61. The predicted molar refractivity (Wildman–Crippen MR) is 52.5 cm³/mol. The molecule has 70 valence electrons. The fourth-order valence-electron chi connectivity index (χ4n) is 2.17. The van der Waals surface area contributed by atoms with Gasteiger partial charge >= 0.3 is 0 Å². The minimum Gasteiger partial charge on any atom is -0.375 e. The molecular formula is C9H17NOS. The molecule has 2 nitrogen and oxygen atoms in total. The van der Waals surface area contributed by atoms with E-state index in [1.165, 1.54) is 18.7 Å². The van der Waals surface area contributed by atoms with Crippen LogP contribution < -0.4 is 5.32 Å². The second kappa shape index (κ2) is 2.89. The van der Waals surface area contributed by atoms with E-state index in [1.807, 2.05) is 0 Å². The molecule has 0 radical (unpaired) electrons.